The molecule has 4 nitrogen and oxygen atoms in total. The Morgan fingerprint density at radius 2 is 1.41 bits per heavy atom. The molecular weight excluding hydrogens is 458 g/mol. The van der Waals surface area contributed by atoms with Crippen LogP contribution in [0.2, 0.25) is 0 Å². The van der Waals surface area contributed by atoms with E-state index in [-0.39, 0.29) is 11.5 Å². The first kappa shape index (κ1) is 25.5. The number of methoxy groups -OCH3 is 2. The van der Waals surface area contributed by atoms with E-state index < -0.39 is 0 Å². The van der Waals surface area contributed by atoms with E-state index in [0.29, 0.717) is 5.92 Å². The maximum absolute atomic E-state index is 6.70. The van der Waals surface area contributed by atoms with E-state index in [1.165, 1.54) is 44.6 Å². The molecule has 0 spiro atoms. The zero-order valence-corrected chi connectivity index (χ0v) is 23.7. The molecule has 2 heterocycles. The van der Waals surface area contributed by atoms with Crippen LogP contribution < -0.4 is 19.1 Å². The van der Waals surface area contributed by atoms with Crippen molar-refractivity contribution in [2.24, 2.45) is 0 Å². The molecule has 1 unspecified atom stereocenters. The van der Waals surface area contributed by atoms with E-state index in [4.69, 9.17) is 14.2 Å². The highest BCUT2D eigenvalue weighted by Crippen LogP contribution is 2.54. The number of nitrogens with zero attached hydrogens (tertiary/aromatic N) is 1. The summed E-state index contributed by atoms with van der Waals surface area (Å²) in [5.41, 5.74) is 10.4. The summed E-state index contributed by atoms with van der Waals surface area (Å²) in [7, 11) is 3.40. The van der Waals surface area contributed by atoms with Crippen LogP contribution in [0.5, 0.6) is 17.2 Å². The molecule has 2 aliphatic heterocycles. The Hall–Kier alpha value is -3.14. The maximum atomic E-state index is 6.70. The topological polar surface area (TPSA) is 30.9 Å². The second-order valence-electron chi connectivity index (χ2n) is 11.4. The third-order valence-electron chi connectivity index (χ3n) is 8.71. The van der Waals surface area contributed by atoms with Gasteiger partial charge in [-0.3, -0.25) is 0 Å². The smallest absolute Gasteiger partial charge is 0.160 e. The first-order valence-electron chi connectivity index (χ1n) is 13.5. The summed E-state index contributed by atoms with van der Waals surface area (Å²) in [4.78, 5) is 2.62. The molecule has 37 heavy (non-hydrogen) atoms. The first-order chi connectivity index (χ1) is 17.7. The molecule has 0 saturated carbocycles. The van der Waals surface area contributed by atoms with Gasteiger partial charge in [-0.2, -0.15) is 0 Å². The van der Waals surface area contributed by atoms with Gasteiger partial charge in [-0.1, -0.05) is 35.9 Å². The van der Waals surface area contributed by atoms with Crippen molar-refractivity contribution in [1.82, 2.24) is 0 Å². The fraction of sp³-hybridized carbons (Fsp3) is 0.455. The minimum Gasteiger partial charge on any atom is -0.493 e. The average Bonchev–Trinajstić information content (AvgIpc) is 3.19. The third kappa shape index (κ3) is 4.35. The Bertz CT molecular complexity index is 1300. The van der Waals surface area contributed by atoms with Crippen molar-refractivity contribution in [1.29, 1.82) is 0 Å². The minimum absolute atomic E-state index is 0.213. The summed E-state index contributed by atoms with van der Waals surface area (Å²) >= 11 is 0. The summed E-state index contributed by atoms with van der Waals surface area (Å²) in [5.74, 6) is 3.43. The van der Waals surface area contributed by atoms with Gasteiger partial charge in [0.15, 0.2) is 11.5 Å². The van der Waals surface area contributed by atoms with E-state index in [1.54, 1.807) is 14.2 Å². The van der Waals surface area contributed by atoms with E-state index in [0.717, 1.165) is 43.2 Å². The number of hydrogen-bond acceptors (Lipinski definition) is 4. The highest BCUT2D eigenvalue weighted by molar-refractivity contribution is 5.72. The predicted molar refractivity (Wildman–Crippen MR) is 152 cm³/mol. The number of ether oxygens (including phenoxy) is 3. The zero-order valence-electron chi connectivity index (χ0n) is 23.7. The molecule has 0 amide bonds. The molecule has 0 aliphatic carbocycles. The summed E-state index contributed by atoms with van der Waals surface area (Å²) in [6.07, 6.45) is 2.24. The van der Waals surface area contributed by atoms with Crippen LogP contribution in [0, 0.1) is 27.7 Å². The lowest BCUT2D eigenvalue weighted by molar-refractivity contribution is 0.121. The van der Waals surface area contributed by atoms with Crippen LogP contribution in [-0.4, -0.2) is 32.9 Å². The molecule has 0 N–H and O–H groups in total. The molecule has 5 rings (SSSR count). The standard InChI is InChI=1S/C33H41NO3/c1-20-9-11-25(12-10-20)30-29-23(4)31(21(2)22(3)32(29)37-33(30,5)6)34-17-15-24(16-18-34)26-13-14-27(35-7)28(19-26)36-8/h9-14,19,24,30H,15-18H2,1-8H3. The quantitative estimate of drug-likeness (QED) is 0.361. The van der Waals surface area contributed by atoms with E-state index >= 15 is 0 Å². The number of rotatable bonds is 5. The minimum atomic E-state index is -0.293. The molecule has 4 heteroatoms. The van der Waals surface area contributed by atoms with Crippen molar-refractivity contribution in [3.05, 3.63) is 81.4 Å². The fourth-order valence-electron chi connectivity index (χ4n) is 6.62. The fourth-order valence-corrected chi connectivity index (χ4v) is 6.62. The SMILES string of the molecule is COc1ccc(C2CCN(c3c(C)c(C)c4c(c3C)C(c3ccc(C)cc3)C(C)(C)O4)CC2)cc1OC. The number of piperidine rings is 1. The van der Waals surface area contributed by atoms with Gasteiger partial charge in [0.05, 0.1) is 20.1 Å². The number of hydrogen-bond donors (Lipinski definition) is 0. The van der Waals surface area contributed by atoms with Crippen molar-refractivity contribution in [3.8, 4) is 17.2 Å². The predicted octanol–water partition coefficient (Wildman–Crippen LogP) is 7.62. The average molecular weight is 500 g/mol. The van der Waals surface area contributed by atoms with Gasteiger partial charge in [0.2, 0.25) is 0 Å². The van der Waals surface area contributed by atoms with Crippen LogP contribution in [0.3, 0.4) is 0 Å². The molecule has 3 aromatic carbocycles. The molecule has 3 aromatic rings. The highest BCUT2D eigenvalue weighted by Gasteiger charge is 2.45. The molecule has 0 aromatic heterocycles. The van der Waals surface area contributed by atoms with Gasteiger partial charge < -0.3 is 19.1 Å². The molecule has 196 valence electrons. The lowest BCUT2D eigenvalue weighted by atomic mass is 9.78. The zero-order chi connectivity index (χ0) is 26.5. The summed E-state index contributed by atoms with van der Waals surface area (Å²) < 4.78 is 17.7. The Morgan fingerprint density at radius 3 is 2.03 bits per heavy atom. The molecule has 0 bridgehead atoms. The number of benzene rings is 3. The molecule has 1 atom stereocenters. The van der Waals surface area contributed by atoms with Crippen LogP contribution in [0.25, 0.3) is 0 Å². The summed E-state index contributed by atoms with van der Waals surface area (Å²) in [6.45, 7) is 15.5. The normalized spacial score (nSPS) is 18.9. The third-order valence-corrected chi connectivity index (χ3v) is 8.71. The van der Waals surface area contributed by atoms with E-state index in [1.807, 2.05) is 6.07 Å². The lowest BCUT2D eigenvalue weighted by Gasteiger charge is -2.37. The molecule has 1 fully saturated rings. The van der Waals surface area contributed by atoms with Gasteiger partial charge in [0, 0.05) is 24.3 Å². The molecule has 1 saturated heterocycles. The van der Waals surface area contributed by atoms with Crippen LogP contribution in [-0.2, 0) is 0 Å². The Labute approximate surface area is 222 Å². The largest absolute Gasteiger partial charge is 0.493 e. The lowest BCUT2D eigenvalue weighted by Crippen LogP contribution is -2.34. The maximum Gasteiger partial charge on any atom is 0.160 e. The Morgan fingerprint density at radius 1 is 0.784 bits per heavy atom. The molecular formula is C33H41NO3. The Balaban J connectivity index is 1.47. The van der Waals surface area contributed by atoms with Gasteiger partial charge in [-0.15, -0.1) is 0 Å². The van der Waals surface area contributed by atoms with Crippen LogP contribution >= 0.6 is 0 Å². The van der Waals surface area contributed by atoms with Crippen LogP contribution in [0.4, 0.5) is 5.69 Å². The van der Waals surface area contributed by atoms with Crippen molar-refractivity contribution < 1.29 is 14.2 Å². The number of aryl methyl sites for hydroxylation is 1. The number of anilines is 1. The second-order valence-corrected chi connectivity index (χ2v) is 11.4. The molecule has 2 aliphatic rings. The van der Waals surface area contributed by atoms with Crippen molar-refractivity contribution in [2.75, 3.05) is 32.2 Å². The first-order valence-corrected chi connectivity index (χ1v) is 13.5. The van der Waals surface area contributed by atoms with Crippen LogP contribution in [0.15, 0.2) is 42.5 Å². The number of fused-ring (bicyclic) bond motifs is 1. The molecule has 0 radical (unpaired) electrons. The van der Waals surface area contributed by atoms with Crippen molar-refractivity contribution in [3.63, 3.8) is 0 Å². The monoisotopic (exact) mass is 499 g/mol. The van der Waals surface area contributed by atoms with Gasteiger partial charge in [0.25, 0.3) is 0 Å². The Kier molecular flexibility index (Phi) is 6.64. The van der Waals surface area contributed by atoms with Crippen LogP contribution in [0.1, 0.15) is 77.5 Å². The second kappa shape index (κ2) is 9.63. The van der Waals surface area contributed by atoms with Crippen molar-refractivity contribution in [2.45, 2.75) is 71.8 Å². The van der Waals surface area contributed by atoms with E-state index in [9.17, 15) is 0 Å². The summed E-state index contributed by atoms with van der Waals surface area (Å²) in [6, 6.07) is 15.4. The van der Waals surface area contributed by atoms with Gasteiger partial charge in [-0.25, -0.2) is 0 Å². The van der Waals surface area contributed by atoms with Gasteiger partial charge >= 0.3 is 0 Å². The van der Waals surface area contributed by atoms with Gasteiger partial charge in [-0.05, 0) is 100 Å². The van der Waals surface area contributed by atoms with Crippen molar-refractivity contribution >= 4 is 5.69 Å². The highest BCUT2D eigenvalue weighted by atomic mass is 16.5. The summed E-state index contributed by atoms with van der Waals surface area (Å²) in [5, 5.41) is 0. The van der Waals surface area contributed by atoms with E-state index in [2.05, 4.69) is 82.8 Å². The van der Waals surface area contributed by atoms with Gasteiger partial charge in [0.1, 0.15) is 11.4 Å².